The number of aromatic nitrogens is 10. The van der Waals surface area contributed by atoms with Crippen LogP contribution in [0.3, 0.4) is 0 Å². The van der Waals surface area contributed by atoms with Gasteiger partial charge in [-0.05, 0) is 64.4 Å². The van der Waals surface area contributed by atoms with Gasteiger partial charge in [0.15, 0.2) is 18.1 Å². The number of imidazole rings is 1. The van der Waals surface area contributed by atoms with Gasteiger partial charge in [0.25, 0.3) is 11.8 Å². The van der Waals surface area contributed by atoms with E-state index in [1.165, 1.54) is 17.2 Å². The number of carbonyl (C=O) groups excluding carboxylic acids is 4. The molecule has 0 fully saturated rings. The number of primary amides is 2. The Hall–Kier alpha value is -8.21. The first kappa shape index (κ1) is 44.8. The summed E-state index contributed by atoms with van der Waals surface area (Å²) in [5.41, 5.74) is 17.8. The molecule has 338 valence electrons. The zero-order valence-electron chi connectivity index (χ0n) is 36.2. The van der Waals surface area contributed by atoms with Crippen molar-refractivity contribution in [1.82, 2.24) is 59.0 Å². The van der Waals surface area contributed by atoms with E-state index in [9.17, 15) is 24.0 Å². The fraction of sp³-hybridized carbons (Fsp3) is 0.310. The van der Waals surface area contributed by atoms with E-state index in [2.05, 4.69) is 30.3 Å². The summed E-state index contributed by atoms with van der Waals surface area (Å²) in [6.45, 7) is 8.82. The van der Waals surface area contributed by atoms with Crippen molar-refractivity contribution in [2.24, 2.45) is 11.5 Å². The largest absolute Gasteiger partial charge is 0.491 e. The van der Waals surface area contributed by atoms with Gasteiger partial charge < -0.3 is 30.8 Å². The summed E-state index contributed by atoms with van der Waals surface area (Å²) < 4.78 is 13.4. The lowest BCUT2D eigenvalue weighted by molar-refractivity contribution is -0.136. The second kappa shape index (κ2) is 19.0. The number of rotatable bonds is 19. The number of likely N-dealkylation sites (N-methyl/N-ethyl adjacent to an activating group) is 1. The zero-order chi connectivity index (χ0) is 46.5. The van der Waals surface area contributed by atoms with Crippen molar-refractivity contribution in [1.29, 1.82) is 0 Å². The number of nitrogens with zero attached hydrogens (tertiary/aromatic N) is 11. The standard InChI is InChI=1S/C42H47N15O8/c1-6-56-30(15-23(3)50-56)37-45-21-28-27-17-25(35(43)59)19-32(64-14-10-11-53(5)33(58)22-65-52-42(62)63)34(27)54(38(28)48-37)12-8-9-13-55-39-29(18-26(20-46-39)36(44)60)47-41(55)49-40(61)31-16-24(4)51-57(31)7-2/h8-9,15-21,52H,6-7,10-14,22H2,1-5H3,(H2,43,59)(H2,44,60)(H,62,63)(H,47,49,61). The Morgan fingerprint density at radius 2 is 1.54 bits per heavy atom. The highest BCUT2D eigenvalue weighted by molar-refractivity contribution is 6.12. The molecular formula is C42H47N15O8. The Kier molecular flexibility index (Phi) is 13.1. The third-order valence-corrected chi connectivity index (χ3v) is 10.3. The number of carboxylic acid groups (broad SMARTS) is 1. The Balaban J connectivity index is 1.25. The molecule has 23 nitrogen and oxygen atoms in total. The van der Waals surface area contributed by atoms with Gasteiger partial charge >= 0.3 is 6.09 Å². The summed E-state index contributed by atoms with van der Waals surface area (Å²) in [6.07, 6.45) is 5.71. The molecule has 6 aromatic heterocycles. The van der Waals surface area contributed by atoms with Crippen LogP contribution in [0.1, 0.15) is 62.9 Å². The molecule has 0 spiro atoms. The minimum atomic E-state index is -1.43. The molecule has 23 heteroatoms. The quantitative estimate of drug-likeness (QED) is 0.0443. The number of pyridine rings is 1. The number of nitrogens with one attached hydrogen (secondary N) is 2. The SMILES string of the molecule is CCn1nc(C)cc1C(=O)Nc1nc2cc(C(N)=O)cnc2n1CC=CCn1c2nc(-c3cc(C)nn3CC)ncc2c2cc(C(N)=O)cc(OCCCN(C)C(=O)CONC(=O)O)c21. The third kappa shape index (κ3) is 9.58. The first-order valence-corrected chi connectivity index (χ1v) is 20.5. The van der Waals surface area contributed by atoms with Crippen LogP contribution in [0.2, 0.25) is 0 Å². The lowest BCUT2D eigenvalue weighted by Gasteiger charge is -2.17. The van der Waals surface area contributed by atoms with Gasteiger partial charge in [-0.15, -0.1) is 0 Å². The molecule has 0 aliphatic rings. The highest BCUT2D eigenvalue weighted by Crippen LogP contribution is 2.36. The monoisotopic (exact) mass is 889 g/mol. The molecule has 0 saturated heterocycles. The first-order valence-electron chi connectivity index (χ1n) is 20.5. The van der Waals surface area contributed by atoms with E-state index in [1.807, 2.05) is 48.2 Å². The highest BCUT2D eigenvalue weighted by Gasteiger charge is 2.23. The second-order valence-electron chi connectivity index (χ2n) is 14.9. The minimum absolute atomic E-state index is 0.109. The average Bonchev–Trinajstić information content (AvgIpc) is 4.03. The van der Waals surface area contributed by atoms with Crippen LogP contribution >= 0.6 is 0 Å². The van der Waals surface area contributed by atoms with E-state index < -0.39 is 36.3 Å². The van der Waals surface area contributed by atoms with Gasteiger partial charge in [-0.1, -0.05) is 12.2 Å². The van der Waals surface area contributed by atoms with Gasteiger partial charge in [0, 0.05) is 68.5 Å². The molecule has 7 N–H and O–H groups in total. The van der Waals surface area contributed by atoms with Crippen LogP contribution < -0.4 is 27.0 Å². The topological polar surface area (TPSA) is 300 Å². The number of amides is 5. The molecule has 0 saturated carbocycles. The number of hydrogen-bond donors (Lipinski definition) is 5. The fourth-order valence-electron chi connectivity index (χ4n) is 7.27. The molecule has 7 aromatic rings. The van der Waals surface area contributed by atoms with E-state index in [4.69, 9.17) is 31.3 Å². The molecular weight excluding hydrogens is 843 g/mol. The number of anilines is 1. The van der Waals surface area contributed by atoms with E-state index in [-0.39, 0.29) is 43.3 Å². The van der Waals surface area contributed by atoms with Crippen LogP contribution in [0, 0.1) is 13.8 Å². The van der Waals surface area contributed by atoms with Crippen molar-refractivity contribution in [2.45, 2.75) is 60.3 Å². The summed E-state index contributed by atoms with van der Waals surface area (Å²) in [5, 5.41) is 21.8. The van der Waals surface area contributed by atoms with Crippen molar-refractivity contribution in [3.05, 3.63) is 83.1 Å². The number of ether oxygens (including phenoxy) is 1. The summed E-state index contributed by atoms with van der Waals surface area (Å²) in [6, 6.07) is 8.31. The molecule has 0 aliphatic carbocycles. The van der Waals surface area contributed by atoms with E-state index in [1.54, 1.807) is 53.1 Å². The van der Waals surface area contributed by atoms with Gasteiger partial charge in [-0.25, -0.2) is 24.7 Å². The van der Waals surface area contributed by atoms with Crippen LogP contribution in [-0.2, 0) is 35.8 Å². The van der Waals surface area contributed by atoms with Crippen molar-refractivity contribution < 1.29 is 38.7 Å². The average molecular weight is 890 g/mol. The number of carbonyl (C=O) groups is 5. The number of allylic oxidation sites excluding steroid dienone is 2. The maximum absolute atomic E-state index is 13.6. The van der Waals surface area contributed by atoms with E-state index >= 15 is 0 Å². The Morgan fingerprint density at radius 1 is 0.831 bits per heavy atom. The number of nitrogens with two attached hydrogens (primary N) is 2. The molecule has 1 aromatic carbocycles. The lowest BCUT2D eigenvalue weighted by atomic mass is 10.1. The van der Waals surface area contributed by atoms with Gasteiger partial charge in [0.2, 0.25) is 17.8 Å². The minimum Gasteiger partial charge on any atom is -0.491 e. The van der Waals surface area contributed by atoms with Crippen LogP contribution in [0.4, 0.5) is 10.7 Å². The highest BCUT2D eigenvalue weighted by atomic mass is 16.7. The second-order valence-corrected chi connectivity index (χ2v) is 14.9. The maximum Gasteiger partial charge on any atom is 0.428 e. The molecule has 0 bridgehead atoms. The predicted molar refractivity (Wildman–Crippen MR) is 236 cm³/mol. The van der Waals surface area contributed by atoms with Crippen LogP contribution in [-0.4, -0.2) is 115 Å². The number of hydroxylamine groups is 1. The van der Waals surface area contributed by atoms with Crippen LogP contribution in [0.5, 0.6) is 5.75 Å². The number of benzene rings is 1. The van der Waals surface area contributed by atoms with Gasteiger partial charge in [-0.2, -0.15) is 15.7 Å². The van der Waals surface area contributed by atoms with Gasteiger partial charge in [-0.3, -0.25) is 43.3 Å². The fourth-order valence-corrected chi connectivity index (χ4v) is 7.27. The normalized spacial score (nSPS) is 11.5. The molecule has 5 amide bonds. The van der Waals surface area contributed by atoms with Gasteiger partial charge in [0.1, 0.15) is 28.3 Å². The molecule has 6 heterocycles. The lowest BCUT2D eigenvalue weighted by Crippen LogP contribution is -2.34. The number of hydrogen-bond acceptors (Lipinski definition) is 13. The van der Waals surface area contributed by atoms with E-state index in [0.29, 0.717) is 81.3 Å². The molecule has 0 radical (unpaired) electrons. The van der Waals surface area contributed by atoms with Gasteiger partial charge in [0.05, 0.1) is 29.1 Å². The molecule has 7 rings (SSSR count). The van der Waals surface area contributed by atoms with E-state index in [0.717, 1.165) is 5.69 Å². The Morgan fingerprint density at radius 3 is 2.25 bits per heavy atom. The van der Waals surface area contributed by atoms with Crippen LogP contribution in [0.15, 0.2) is 54.9 Å². The summed E-state index contributed by atoms with van der Waals surface area (Å²) >= 11 is 0. The summed E-state index contributed by atoms with van der Waals surface area (Å²) in [7, 11) is 1.55. The smallest absolute Gasteiger partial charge is 0.428 e. The van der Waals surface area contributed by atoms with Crippen LogP contribution in [0.25, 0.3) is 44.6 Å². The van der Waals surface area contributed by atoms with Crippen molar-refractivity contribution in [3.8, 4) is 17.3 Å². The zero-order valence-corrected chi connectivity index (χ0v) is 36.2. The molecule has 0 aliphatic heterocycles. The van der Waals surface area contributed by atoms with Crippen molar-refractivity contribution in [2.75, 3.05) is 32.1 Å². The summed E-state index contributed by atoms with van der Waals surface area (Å²) in [4.78, 5) is 86.4. The Bertz CT molecular complexity index is 3020. The summed E-state index contributed by atoms with van der Waals surface area (Å²) in [5.74, 6) is -1.34. The van der Waals surface area contributed by atoms with Crippen molar-refractivity contribution in [3.63, 3.8) is 0 Å². The maximum atomic E-state index is 13.6. The first-order chi connectivity index (χ1) is 31.2. The number of fused-ring (bicyclic) bond motifs is 4. The van der Waals surface area contributed by atoms with Crippen molar-refractivity contribution >= 4 is 68.8 Å². The molecule has 0 atom stereocenters. The predicted octanol–water partition coefficient (Wildman–Crippen LogP) is 3.18. The third-order valence-electron chi connectivity index (χ3n) is 10.3. The Labute approximate surface area is 370 Å². The molecule has 65 heavy (non-hydrogen) atoms. The number of aryl methyl sites for hydroxylation is 4. The molecule has 0 unspecified atom stereocenters.